The van der Waals surface area contributed by atoms with Crippen LogP contribution in [-0.2, 0) is 16.4 Å². The molecule has 132 valence electrons. The molecule has 0 spiro atoms. The minimum Gasteiger partial charge on any atom is -0.369 e. The van der Waals surface area contributed by atoms with E-state index in [4.69, 9.17) is 0 Å². The number of anilines is 1. The van der Waals surface area contributed by atoms with Crippen LogP contribution in [0.25, 0.3) is 0 Å². The first-order valence-electron chi connectivity index (χ1n) is 8.27. The Balaban J connectivity index is 1.88. The standard InChI is InChI=1S/C18H22N4O2S/c1-13-17(11-21(3)18-7-5-4-6-15(18)10-19)14(2)22(20-13)16-8-9-25(23,24)12-16/h4-7,16H,8-9,11-12H2,1-3H3/t16-/m1/s1. The van der Waals surface area contributed by atoms with Crippen molar-refractivity contribution in [1.82, 2.24) is 9.78 Å². The van der Waals surface area contributed by atoms with Gasteiger partial charge in [0.2, 0.25) is 0 Å². The molecule has 1 aliphatic heterocycles. The summed E-state index contributed by atoms with van der Waals surface area (Å²) in [6.45, 7) is 4.56. The van der Waals surface area contributed by atoms with Crippen molar-refractivity contribution in [3.63, 3.8) is 0 Å². The molecule has 1 aliphatic rings. The fourth-order valence-electron chi connectivity index (χ4n) is 3.47. The lowest BCUT2D eigenvalue weighted by Gasteiger charge is -2.21. The zero-order chi connectivity index (χ0) is 18.2. The van der Waals surface area contributed by atoms with Gasteiger partial charge in [-0.05, 0) is 32.4 Å². The number of hydrogen-bond acceptors (Lipinski definition) is 5. The van der Waals surface area contributed by atoms with Gasteiger partial charge in [-0.2, -0.15) is 10.4 Å². The molecule has 3 rings (SSSR count). The first kappa shape index (κ1) is 17.5. The predicted octanol–water partition coefficient (Wildman–Crippen LogP) is 2.37. The molecule has 1 aromatic carbocycles. The fourth-order valence-corrected chi connectivity index (χ4v) is 5.17. The lowest BCUT2D eigenvalue weighted by molar-refractivity contribution is 0.485. The van der Waals surface area contributed by atoms with Gasteiger partial charge < -0.3 is 4.90 Å². The second-order valence-corrected chi connectivity index (χ2v) is 8.86. The van der Waals surface area contributed by atoms with Crippen LogP contribution < -0.4 is 4.90 Å². The van der Waals surface area contributed by atoms with E-state index in [9.17, 15) is 13.7 Å². The molecule has 0 amide bonds. The van der Waals surface area contributed by atoms with E-state index in [1.165, 1.54) is 0 Å². The lowest BCUT2D eigenvalue weighted by Crippen LogP contribution is -2.19. The maximum Gasteiger partial charge on any atom is 0.152 e. The SMILES string of the molecule is Cc1nn([C@@H]2CCS(=O)(=O)C2)c(C)c1CN(C)c1ccccc1C#N. The molecule has 2 heterocycles. The van der Waals surface area contributed by atoms with Gasteiger partial charge in [0.15, 0.2) is 9.84 Å². The second-order valence-electron chi connectivity index (χ2n) is 6.64. The Bertz CT molecular complexity index is 940. The molecule has 1 aromatic heterocycles. The highest BCUT2D eigenvalue weighted by Crippen LogP contribution is 2.28. The highest BCUT2D eigenvalue weighted by atomic mass is 32.2. The Hall–Kier alpha value is -2.33. The zero-order valence-corrected chi connectivity index (χ0v) is 15.5. The highest BCUT2D eigenvalue weighted by Gasteiger charge is 2.31. The van der Waals surface area contributed by atoms with Gasteiger partial charge in [-0.25, -0.2) is 8.42 Å². The second kappa shape index (κ2) is 6.52. The lowest BCUT2D eigenvalue weighted by atomic mass is 10.1. The van der Waals surface area contributed by atoms with Gasteiger partial charge in [-0.3, -0.25) is 4.68 Å². The minimum atomic E-state index is -2.95. The average molecular weight is 358 g/mol. The molecule has 1 fully saturated rings. The Morgan fingerprint density at radius 2 is 2.08 bits per heavy atom. The monoisotopic (exact) mass is 358 g/mol. The van der Waals surface area contributed by atoms with Crippen molar-refractivity contribution in [3.05, 3.63) is 46.8 Å². The number of sulfone groups is 1. The van der Waals surface area contributed by atoms with Crippen molar-refractivity contribution in [1.29, 1.82) is 5.26 Å². The molecule has 2 aromatic rings. The fraction of sp³-hybridized carbons (Fsp3) is 0.444. The molecule has 1 saturated heterocycles. The molecule has 0 unspecified atom stereocenters. The van der Waals surface area contributed by atoms with Crippen LogP contribution in [0.5, 0.6) is 0 Å². The molecular formula is C18H22N4O2S. The molecule has 0 N–H and O–H groups in total. The number of benzene rings is 1. The number of aryl methyl sites for hydroxylation is 1. The van der Waals surface area contributed by atoms with Gasteiger partial charge in [-0.15, -0.1) is 0 Å². The summed E-state index contributed by atoms with van der Waals surface area (Å²) in [5.41, 5.74) is 4.50. The van der Waals surface area contributed by atoms with Gasteiger partial charge in [0, 0.05) is 24.8 Å². The topological polar surface area (TPSA) is 79.0 Å². The quantitative estimate of drug-likeness (QED) is 0.838. The van der Waals surface area contributed by atoms with Gasteiger partial charge in [0.1, 0.15) is 6.07 Å². The van der Waals surface area contributed by atoms with Crippen LogP contribution in [0.4, 0.5) is 5.69 Å². The normalized spacial score (nSPS) is 18.9. The first-order chi connectivity index (χ1) is 11.8. The van der Waals surface area contributed by atoms with Crippen LogP contribution in [0, 0.1) is 25.2 Å². The summed E-state index contributed by atoms with van der Waals surface area (Å²) in [5, 5.41) is 13.9. The largest absolute Gasteiger partial charge is 0.369 e. The molecule has 0 saturated carbocycles. The van der Waals surface area contributed by atoms with Gasteiger partial charge in [-0.1, -0.05) is 12.1 Å². The summed E-state index contributed by atoms with van der Waals surface area (Å²) in [7, 11) is -0.995. The smallest absolute Gasteiger partial charge is 0.152 e. The Labute approximate surface area is 148 Å². The van der Waals surface area contributed by atoms with E-state index >= 15 is 0 Å². The number of nitriles is 1. The van der Waals surface area contributed by atoms with E-state index < -0.39 is 9.84 Å². The molecule has 25 heavy (non-hydrogen) atoms. The number of rotatable bonds is 4. The van der Waals surface area contributed by atoms with E-state index in [-0.39, 0.29) is 17.5 Å². The summed E-state index contributed by atoms with van der Waals surface area (Å²) in [6, 6.07) is 9.65. The van der Waals surface area contributed by atoms with Crippen molar-refractivity contribution in [2.24, 2.45) is 0 Å². The Kier molecular flexibility index (Phi) is 4.56. The van der Waals surface area contributed by atoms with E-state index in [1.807, 2.05) is 48.7 Å². The van der Waals surface area contributed by atoms with Crippen LogP contribution in [-0.4, -0.2) is 36.8 Å². The van der Waals surface area contributed by atoms with E-state index in [0.717, 1.165) is 22.6 Å². The van der Waals surface area contributed by atoms with Crippen molar-refractivity contribution in [3.8, 4) is 6.07 Å². The molecule has 6 nitrogen and oxygen atoms in total. The summed E-state index contributed by atoms with van der Waals surface area (Å²) in [6.07, 6.45) is 0.622. The van der Waals surface area contributed by atoms with Crippen molar-refractivity contribution in [2.75, 3.05) is 23.5 Å². The molecule has 1 atom stereocenters. The van der Waals surface area contributed by atoms with E-state index in [0.29, 0.717) is 18.5 Å². The average Bonchev–Trinajstić information content (AvgIpc) is 3.08. The van der Waals surface area contributed by atoms with E-state index in [1.54, 1.807) is 6.07 Å². The van der Waals surface area contributed by atoms with Crippen LogP contribution in [0.15, 0.2) is 24.3 Å². The van der Waals surface area contributed by atoms with Gasteiger partial charge in [0.25, 0.3) is 0 Å². The molecule has 7 heteroatoms. The van der Waals surface area contributed by atoms with Crippen molar-refractivity contribution in [2.45, 2.75) is 32.9 Å². The van der Waals surface area contributed by atoms with Crippen LogP contribution in [0.2, 0.25) is 0 Å². The molecule has 0 aliphatic carbocycles. The summed E-state index contributed by atoms with van der Waals surface area (Å²) in [4.78, 5) is 2.03. The predicted molar refractivity (Wildman–Crippen MR) is 97.3 cm³/mol. The first-order valence-corrected chi connectivity index (χ1v) is 10.1. The number of para-hydroxylation sites is 1. The molecule has 0 radical (unpaired) electrons. The Morgan fingerprint density at radius 1 is 1.36 bits per heavy atom. The Morgan fingerprint density at radius 3 is 2.72 bits per heavy atom. The number of hydrogen-bond donors (Lipinski definition) is 0. The van der Waals surface area contributed by atoms with Gasteiger partial charge in [0.05, 0.1) is 34.5 Å². The molecule has 0 bridgehead atoms. The number of nitrogens with zero attached hydrogens (tertiary/aromatic N) is 4. The maximum atomic E-state index is 11.8. The summed E-state index contributed by atoms with van der Waals surface area (Å²) in [5.74, 6) is 0.405. The third kappa shape index (κ3) is 3.40. The third-order valence-corrected chi connectivity index (χ3v) is 6.61. The third-order valence-electron chi connectivity index (χ3n) is 4.86. The van der Waals surface area contributed by atoms with Gasteiger partial charge >= 0.3 is 0 Å². The highest BCUT2D eigenvalue weighted by molar-refractivity contribution is 7.91. The van der Waals surface area contributed by atoms with E-state index in [2.05, 4.69) is 11.2 Å². The summed E-state index contributed by atoms with van der Waals surface area (Å²) >= 11 is 0. The minimum absolute atomic E-state index is 0.0749. The summed E-state index contributed by atoms with van der Waals surface area (Å²) < 4.78 is 25.4. The van der Waals surface area contributed by atoms with Crippen molar-refractivity contribution >= 4 is 15.5 Å². The zero-order valence-electron chi connectivity index (χ0n) is 14.7. The van der Waals surface area contributed by atoms with Crippen LogP contribution in [0.3, 0.4) is 0 Å². The van der Waals surface area contributed by atoms with Crippen molar-refractivity contribution < 1.29 is 8.42 Å². The van der Waals surface area contributed by atoms with Crippen LogP contribution in [0.1, 0.15) is 35.0 Å². The maximum absolute atomic E-state index is 11.8. The number of aromatic nitrogens is 2. The molecular weight excluding hydrogens is 336 g/mol. The van der Waals surface area contributed by atoms with Crippen LogP contribution >= 0.6 is 0 Å².